The van der Waals surface area contributed by atoms with Gasteiger partial charge in [0.1, 0.15) is 0 Å². The predicted octanol–water partition coefficient (Wildman–Crippen LogP) is 3.55. The second-order valence-electron chi connectivity index (χ2n) is 6.25. The van der Waals surface area contributed by atoms with Gasteiger partial charge in [0.15, 0.2) is 11.6 Å². The number of hydrogen-bond acceptors (Lipinski definition) is 6. The van der Waals surface area contributed by atoms with Gasteiger partial charge in [-0.15, -0.1) is 0 Å². The molecule has 3 N–H and O–H groups in total. The van der Waals surface area contributed by atoms with Gasteiger partial charge in [-0.1, -0.05) is 30.4 Å². The molecule has 0 saturated carbocycles. The minimum Gasteiger partial charge on any atom is -0.402 e. The molecule has 134 valence electrons. The van der Waals surface area contributed by atoms with Crippen LogP contribution in [0.15, 0.2) is 65.6 Å². The van der Waals surface area contributed by atoms with E-state index in [2.05, 4.69) is 35.2 Å². The predicted molar refractivity (Wildman–Crippen MR) is 108 cm³/mol. The summed E-state index contributed by atoms with van der Waals surface area (Å²) in [5, 5.41) is 3.33. The Morgan fingerprint density at radius 1 is 1.19 bits per heavy atom. The summed E-state index contributed by atoms with van der Waals surface area (Å²) in [7, 11) is 0. The highest BCUT2D eigenvalue weighted by molar-refractivity contribution is 5.79. The molecule has 1 aliphatic heterocycles. The molecule has 0 saturated heterocycles. The number of allylic oxidation sites excluding steroid dienone is 1. The van der Waals surface area contributed by atoms with Gasteiger partial charge in [-0.2, -0.15) is 0 Å². The fraction of sp³-hybridized carbons (Fsp3) is 0.250. The molecule has 0 bridgehead atoms. The summed E-state index contributed by atoms with van der Waals surface area (Å²) in [6, 6.07) is 8.10. The zero-order chi connectivity index (χ0) is 18.4. The first-order chi connectivity index (χ1) is 12.6. The number of nitrogens with one attached hydrogen (secondary N) is 1. The number of nitrogens with two attached hydrogens (primary N) is 1. The van der Waals surface area contributed by atoms with E-state index in [0.717, 1.165) is 23.4 Å². The van der Waals surface area contributed by atoms with E-state index in [9.17, 15) is 0 Å². The van der Waals surface area contributed by atoms with Crippen LogP contribution in [-0.2, 0) is 0 Å². The zero-order valence-electron chi connectivity index (χ0n) is 15.1. The molecule has 1 aromatic heterocycles. The Bertz CT molecular complexity index is 840. The molecule has 0 aliphatic carbocycles. The molecule has 0 amide bonds. The van der Waals surface area contributed by atoms with Gasteiger partial charge in [-0.05, 0) is 31.6 Å². The van der Waals surface area contributed by atoms with Gasteiger partial charge in [0.25, 0.3) is 0 Å². The van der Waals surface area contributed by atoms with Crippen molar-refractivity contribution in [3.05, 3.63) is 66.1 Å². The van der Waals surface area contributed by atoms with Crippen LogP contribution in [0.3, 0.4) is 0 Å². The molecule has 1 aliphatic rings. The Hall–Kier alpha value is -3.15. The number of para-hydroxylation sites is 1. The standard InChI is InChI=1S/C20H24N6/c1-15-7-3-4-9-18(15)24-19-12-23-13-20(25-19)26-14-22-10-6-5-8-17(21)11-16(26)2/h3-7,9,11-14,16H,8,10,21H2,1-2H3,(H,24,25)/b6-5-,17-11+,22-14?. The molecule has 6 nitrogen and oxygen atoms in total. The highest BCUT2D eigenvalue weighted by Crippen LogP contribution is 2.21. The second kappa shape index (κ2) is 8.29. The summed E-state index contributed by atoms with van der Waals surface area (Å²) in [4.78, 5) is 15.5. The number of nitrogens with zero attached hydrogens (tertiary/aromatic N) is 4. The van der Waals surface area contributed by atoms with Crippen LogP contribution in [0.25, 0.3) is 0 Å². The largest absolute Gasteiger partial charge is 0.402 e. The summed E-state index contributed by atoms with van der Waals surface area (Å²) >= 11 is 0. The molecule has 1 unspecified atom stereocenters. The fourth-order valence-corrected chi connectivity index (χ4v) is 2.71. The highest BCUT2D eigenvalue weighted by Gasteiger charge is 2.14. The Morgan fingerprint density at radius 2 is 2.04 bits per heavy atom. The number of benzene rings is 1. The lowest BCUT2D eigenvalue weighted by Crippen LogP contribution is -2.32. The molecule has 6 heteroatoms. The molecular weight excluding hydrogens is 324 g/mol. The maximum absolute atomic E-state index is 6.09. The minimum atomic E-state index is 0.0215. The number of hydrogen-bond donors (Lipinski definition) is 2. The lowest BCUT2D eigenvalue weighted by Gasteiger charge is -2.24. The third kappa shape index (κ3) is 4.47. The normalized spacial score (nSPS) is 20.9. The average molecular weight is 348 g/mol. The van der Waals surface area contributed by atoms with Crippen molar-refractivity contribution in [3.63, 3.8) is 0 Å². The van der Waals surface area contributed by atoms with Gasteiger partial charge in [-0.25, -0.2) is 4.98 Å². The van der Waals surface area contributed by atoms with E-state index < -0.39 is 0 Å². The Morgan fingerprint density at radius 3 is 2.88 bits per heavy atom. The molecule has 2 aromatic rings. The zero-order valence-corrected chi connectivity index (χ0v) is 15.1. The number of anilines is 3. The van der Waals surface area contributed by atoms with Crippen molar-refractivity contribution >= 4 is 23.7 Å². The van der Waals surface area contributed by atoms with Gasteiger partial charge in [0.2, 0.25) is 0 Å². The van der Waals surface area contributed by atoms with Crippen molar-refractivity contribution in [1.82, 2.24) is 9.97 Å². The van der Waals surface area contributed by atoms with Crippen molar-refractivity contribution in [1.29, 1.82) is 0 Å². The van der Waals surface area contributed by atoms with E-state index in [4.69, 9.17) is 10.7 Å². The van der Waals surface area contributed by atoms with Crippen LogP contribution < -0.4 is 16.0 Å². The summed E-state index contributed by atoms with van der Waals surface area (Å²) in [6.45, 7) is 4.73. The molecule has 26 heavy (non-hydrogen) atoms. The SMILES string of the molecule is Cc1ccccc1Nc1cncc(N2C=NC/C=C\C/C(N)=C\C2C)n1. The minimum absolute atomic E-state index is 0.0215. The van der Waals surface area contributed by atoms with Crippen LogP contribution >= 0.6 is 0 Å². The molecule has 1 atom stereocenters. The third-order valence-electron chi connectivity index (χ3n) is 4.13. The fourth-order valence-electron chi connectivity index (χ4n) is 2.71. The quantitative estimate of drug-likeness (QED) is 0.829. The van der Waals surface area contributed by atoms with Crippen LogP contribution in [-0.4, -0.2) is 28.9 Å². The number of aliphatic imine (C=N–C) groups is 1. The maximum Gasteiger partial charge on any atom is 0.155 e. The van der Waals surface area contributed by atoms with E-state index in [1.165, 1.54) is 0 Å². The first kappa shape index (κ1) is 17.7. The van der Waals surface area contributed by atoms with E-state index in [1.807, 2.05) is 41.3 Å². The molecule has 0 spiro atoms. The average Bonchev–Trinajstić information content (AvgIpc) is 2.63. The van der Waals surface area contributed by atoms with Gasteiger partial charge in [-0.3, -0.25) is 9.98 Å². The smallest absolute Gasteiger partial charge is 0.155 e. The van der Waals surface area contributed by atoms with E-state index in [-0.39, 0.29) is 6.04 Å². The maximum atomic E-state index is 6.09. The van der Waals surface area contributed by atoms with Crippen LogP contribution in [0.2, 0.25) is 0 Å². The number of aromatic nitrogens is 2. The van der Waals surface area contributed by atoms with Gasteiger partial charge >= 0.3 is 0 Å². The lowest BCUT2D eigenvalue weighted by atomic mass is 10.2. The molecule has 0 fully saturated rings. The Kier molecular flexibility index (Phi) is 5.63. The number of rotatable bonds is 3. The second-order valence-corrected chi connectivity index (χ2v) is 6.25. The van der Waals surface area contributed by atoms with Crippen molar-refractivity contribution in [2.45, 2.75) is 26.3 Å². The summed E-state index contributed by atoms with van der Waals surface area (Å²) in [6.07, 6.45) is 12.0. The van der Waals surface area contributed by atoms with Crippen LogP contribution in [0.4, 0.5) is 17.3 Å². The Balaban J connectivity index is 1.88. The summed E-state index contributed by atoms with van der Waals surface area (Å²) < 4.78 is 0. The van der Waals surface area contributed by atoms with Crippen LogP contribution in [0.1, 0.15) is 18.9 Å². The molecule has 3 rings (SSSR count). The van der Waals surface area contributed by atoms with Gasteiger partial charge in [0.05, 0.1) is 31.3 Å². The lowest BCUT2D eigenvalue weighted by molar-refractivity contribution is 0.855. The molecule has 1 aromatic carbocycles. The van der Waals surface area contributed by atoms with Crippen molar-refractivity contribution in [2.75, 3.05) is 16.8 Å². The van der Waals surface area contributed by atoms with Crippen molar-refractivity contribution in [3.8, 4) is 0 Å². The number of aryl methyl sites for hydroxylation is 1. The molecule has 2 heterocycles. The van der Waals surface area contributed by atoms with E-state index in [0.29, 0.717) is 18.2 Å². The Labute approximate surface area is 154 Å². The van der Waals surface area contributed by atoms with Gasteiger partial charge < -0.3 is 16.0 Å². The molecule has 0 radical (unpaired) electrons. The highest BCUT2D eigenvalue weighted by atomic mass is 15.2. The monoisotopic (exact) mass is 348 g/mol. The topological polar surface area (TPSA) is 79.4 Å². The first-order valence-corrected chi connectivity index (χ1v) is 8.67. The summed E-state index contributed by atoms with van der Waals surface area (Å²) in [5.74, 6) is 1.40. The first-order valence-electron chi connectivity index (χ1n) is 8.67. The molecular formula is C20H24N6. The van der Waals surface area contributed by atoms with Crippen molar-refractivity contribution < 1.29 is 0 Å². The van der Waals surface area contributed by atoms with Crippen molar-refractivity contribution in [2.24, 2.45) is 10.7 Å². The summed E-state index contributed by atoms with van der Waals surface area (Å²) in [5.41, 5.74) is 9.08. The third-order valence-corrected chi connectivity index (χ3v) is 4.13. The van der Waals surface area contributed by atoms with E-state index in [1.54, 1.807) is 18.7 Å². The van der Waals surface area contributed by atoms with Crippen LogP contribution in [0, 0.1) is 6.92 Å². The van der Waals surface area contributed by atoms with Crippen LogP contribution in [0.5, 0.6) is 0 Å². The van der Waals surface area contributed by atoms with E-state index >= 15 is 0 Å². The van der Waals surface area contributed by atoms with Gasteiger partial charge in [0, 0.05) is 17.8 Å².